The first kappa shape index (κ1) is 16.6. The Kier molecular flexibility index (Phi) is 5.81. The topological polar surface area (TPSA) is 62.1 Å². The summed E-state index contributed by atoms with van der Waals surface area (Å²) in [4.78, 5) is 11.4. The van der Waals surface area contributed by atoms with Crippen molar-refractivity contribution in [2.45, 2.75) is 39.7 Å². The van der Waals surface area contributed by atoms with E-state index in [-0.39, 0.29) is 0 Å². The molecular formula is C17H20N2O2. The summed E-state index contributed by atoms with van der Waals surface area (Å²) < 4.78 is 5.11. The molecule has 1 aromatic rings. The molecule has 1 amide bonds. The van der Waals surface area contributed by atoms with Crippen molar-refractivity contribution < 1.29 is 9.53 Å². The van der Waals surface area contributed by atoms with Crippen LogP contribution in [0.2, 0.25) is 0 Å². The number of carbonyl (C=O) groups excluding carboxylic acids is 1. The molecule has 0 radical (unpaired) electrons. The molecule has 0 unspecified atom stereocenters. The molecule has 0 heterocycles. The Hall–Kier alpha value is -2.46. The Morgan fingerprint density at radius 2 is 2.10 bits per heavy atom. The lowest BCUT2D eigenvalue weighted by molar-refractivity contribution is 0.0529. The third kappa shape index (κ3) is 6.49. The second-order valence-electron chi connectivity index (χ2n) is 5.62. The molecule has 21 heavy (non-hydrogen) atoms. The number of amides is 1. The van der Waals surface area contributed by atoms with E-state index in [0.717, 1.165) is 11.1 Å². The van der Waals surface area contributed by atoms with Gasteiger partial charge in [-0.2, -0.15) is 5.26 Å². The Bertz CT molecular complexity index is 610. The number of alkyl carbamates (subject to hydrolysis) is 1. The quantitative estimate of drug-likeness (QED) is 0.670. The van der Waals surface area contributed by atoms with Crippen LogP contribution in [-0.4, -0.2) is 18.2 Å². The van der Waals surface area contributed by atoms with Crippen LogP contribution < -0.4 is 5.32 Å². The number of hydrogen-bond acceptors (Lipinski definition) is 3. The van der Waals surface area contributed by atoms with Crippen LogP contribution in [0.15, 0.2) is 18.2 Å². The number of aryl methyl sites for hydroxylation is 1. The van der Waals surface area contributed by atoms with E-state index in [2.05, 4.69) is 23.2 Å². The van der Waals surface area contributed by atoms with Crippen molar-refractivity contribution in [1.29, 1.82) is 5.26 Å². The summed E-state index contributed by atoms with van der Waals surface area (Å²) >= 11 is 0. The average molecular weight is 284 g/mol. The summed E-state index contributed by atoms with van der Waals surface area (Å²) in [7, 11) is 0. The summed E-state index contributed by atoms with van der Waals surface area (Å²) in [6.45, 7) is 7.78. The zero-order valence-electron chi connectivity index (χ0n) is 12.9. The molecule has 0 aromatic heterocycles. The molecule has 0 aliphatic carbocycles. The SMILES string of the molecule is Cc1cc(C#CCCNC(=O)OC(C)(C)C)ccc1C#N. The Labute approximate surface area is 126 Å². The van der Waals surface area contributed by atoms with Crippen LogP contribution in [0.3, 0.4) is 0 Å². The third-order valence-electron chi connectivity index (χ3n) is 2.50. The fourth-order valence-corrected chi connectivity index (χ4v) is 1.57. The van der Waals surface area contributed by atoms with Crippen LogP contribution >= 0.6 is 0 Å². The molecule has 4 nitrogen and oxygen atoms in total. The van der Waals surface area contributed by atoms with Crippen molar-refractivity contribution >= 4 is 6.09 Å². The minimum atomic E-state index is -0.490. The molecule has 0 saturated carbocycles. The number of ether oxygens (including phenoxy) is 1. The molecule has 0 fully saturated rings. The minimum absolute atomic E-state index is 0.432. The van der Waals surface area contributed by atoms with E-state index in [1.807, 2.05) is 39.8 Å². The van der Waals surface area contributed by atoms with Gasteiger partial charge in [-0.3, -0.25) is 0 Å². The monoisotopic (exact) mass is 284 g/mol. The number of rotatable bonds is 2. The molecule has 0 aliphatic heterocycles. The van der Waals surface area contributed by atoms with Gasteiger partial charge in [0.25, 0.3) is 0 Å². The van der Waals surface area contributed by atoms with Gasteiger partial charge in [0, 0.05) is 18.5 Å². The predicted molar refractivity (Wildman–Crippen MR) is 81.6 cm³/mol. The molecule has 1 rings (SSSR count). The molecule has 0 spiro atoms. The summed E-state index contributed by atoms with van der Waals surface area (Å²) in [6.07, 6.45) is 0.108. The second-order valence-corrected chi connectivity index (χ2v) is 5.62. The predicted octanol–water partition coefficient (Wildman–Crippen LogP) is 3.13. The highest BCUT2D eigenvalue weighted by Crippen LogP contribution is 2.09. The molecule has 0 atom stereocenters. The van der Waals surface area contributed by atoms with Gasteiger partial charge in [0.05, 0.1) is 11.6 Å². The first-order valence-electron chi connectivity index (χ1n) is 6.78. The van der Waals surface area contributed by atoms with Gasteiger partial charge in [-0.25, -0.2) is 4.79 Å². The van der Waals surface area contributed by atoms with Crippen molar-refractivity contribution in [3.8, 4) is 17.9 Å². The highest BCUT2D eigenvalue weighted by molar-refractivity contribution is 5.67. The van der Waals surface area contributed by atoms with Crippen LogP contribution in [0.5, 0.6) is 0 Å². The fourth-order valence-electron chi connectivity index (χ4n) is 1.57. The van der Waals surface area contributed by atoms with Gasteiger partial charge in [0.2, 0.25) is 0 Å². The second kappa shape index (κ2) is 7.36. The smallest absolute Gasteiger partial charge is 0.407 e. The van der Waals surface area contributed by atoms with Crippen molar-refractivity contribution in [2.75, 3.05) is 6.54 Å². The fraction of sp³-hybridized carbons (Fsp3) is 0.412. The van der Waals surface area contributed by atoms with Crippen LogP contribution in [0.1, 0.15) is 43.9 Å². The van der Waals surface area contributed by atoms with E-state index >= 15 is 0 Å². The number of nitrogens with zero attached hydrogens (tertiary/aromatic N) is 1. The molecule has 0 saturated heterocycles. The maximum Gasteiger partial charge on any atom is 0.407 e. The summed E-state index contributed by atoms with van der Waals surface area (Å²) in [5.41, 5.74) is 1.95. The molecular weight excluding hydrogens is 264 g/mol. The van der Waals surface area contributed by atoms with Gasteiger partial charge in [-0.1, -0.05) is 11.8 Å². The van der Waals surface area contributed by atoms with Crippen LogP contribution in [-0.2, 0) is 4.74 Å². The highest BCUT2D eigenvalue weighted by Gasteiger charge is 2.15. The first-order chi connectivity index (χ1) is 9.81. The number of carbonyl (C=O) groups is 1. The van der Waals surface area contributed by atoms with Crippen molar-refractivity contribution in [3.63, 3.8) is 0 Å². The standard InChI is InChI=1S/C17H20N2O2/c1-13-11-14(8-9-15(13)12-18)7-5-6-10-19-16(20)21-17(2,3)4/h8-9,11H,6,10H2,1-4H3,(H,19,20). The van der Waals surface area contributed by atoms with Gasteiger partial charge in [-0.05, 0) is 51.5 Å². The highest BCUT2D eigenvalue weighted by atomic mass is 16.6. The van der Waals surface area contributed by atoms with Crippen LogP contribution in [0.25, 0.3) is 0 Å². The zero-order chi connectivity index (χ0) is 15.9. The lowest BCUT2D eigenvalue weighted by Crippen LogP contribution is -2.32. The van der Waals surface area contributed by atoms with E-state index in [9.17, 15) is 4.79 Å². The Morgan fingerprint density at radius 1 is 1.38 bits per heavy atom. The van der Waals surface area contributed by atoms with E-state index in [1.165, 1.54) is 0 Å². The lowest BCUT2D eigenvalue weighted by Gasteiger charge is -2.19. The maximum absolute atomic E-state index is 11.4. The summed E-state index contributed by atoms with van der Waals surface area (Å²) in [6, 6.07) is 7.58. The number of hydrogen-bond donors (Lipinski definition) is 1. The van der Waals surface area contributed by atoms with Gasteiger partial charge < -0.3 is 10.1 Å². The zero-order valence-corrected chi connectivity index (χ0v) is 12.9. The molecule has 1 aromatic carbocycles. The van der Waals surface area contributed by atoms with E-state index in [1.54, 1.807) is 6.07 Å². The van der Waals surface area contributed by atoms with Crippen LogP contribution in [0, 0.1) is 30.1 Å². The van der Waals surface area contributed by atoms with E-state index in [4.69, 9.17) is 10.00 Å². The summed E-state index contributed by atoms with van der Waals surface area (Å²) in [5, 5.41) is 11.5. The van der Waals surface area contributed by atoms with Gasteiger partial charge >= 0.3 is 6.09 Å². The van der Waals surface area contributed by atoms with Crippen molar-refractivity contribution in [2.24, 2.45) is 0 Å². The van der Waals surface area contributed by atoms with Gasteiger partial charge in [-0.15, -0.1) is 0 Å². The first-order valence-corrected chi connectivity index (χ1v) is 6.78. The van der Waals surface area contributed by atoms with Gasteiger partial charge in [0.15, 0.2) is 0 Å². The third-order valence-corrected chi connectivity index (χ3v) is 2.50. The molecule has 0 bridgehead atoms. The van der Waals surface area contributed by atoms with E-state index < -0.39 is 11.7 Å². The number of benzene rings is 1. The lowest BCUT2D eigenvalue weighted by atomic mass is 10.1. The maximum atomic E-state index is 11.4. The Morgan fingerprint density at radius 3 is 2.67 bits per heavy atom. The normalized spacial score (nSPS) is 10.0. The summed E-state index contributed by atoms with van der Waals surface area (Å²) in [5.74, 6) is 5.99. The largest absolute Gasteiger partial charge is 0.444 e. The Balaban J connectivity index is 2.42. The number of nitrogens with one attached hydrogen (secondary N) is 1. The molecule has 0 aliphatic rings. The van der Waals surface area contributed by atoms with Gasteiger partial charge in [0.1, 0.15) is 5.60 Å². The minimum Gasteiger partial charge on any atom is -0.444 e. The molecule has 4 heteroatoms. The molecule has 110 valence electrons. The van der Waals surface area contributed by atoms with Crippen molar-refractivity contribution in [3.05, 3.63) is 34.9 Å². The van der Waals surface area contributed by atoms with E-state index in [0.29, 0.717) is 18.5 Å². The average Bonchev–Trinajstić information content (AvgIpc) is 2.36. The molecule has 1 N–H and O–H groups in total. The van der Waals surface area contributed by atoms with Crippen molar-refractivity contribution in [1.82, 2.24) is 5.32 Å². The van der Waals surface area contributed by atoms with Crippen LogP contribution in [0.4, 0.5) is 4.79 Å². The number of nitriles is 1.